The van der Waals surface area contributed by atoms with Crippen molar-refractivity contribution in [2.75, 3.05) is 0 Å². The SMILES string of the molecule is Fc1ccc(-c2nccnc2CCl)cc1. The van der Waals surface area contributed by atoms with E-state index < -0.39 is 0 Å². The lowest BCUT2D eigenvalue weighted by atomic mass is 10.1. The van der Waals surface area contributed by atoms with Gasteiger partial charge in [-0.05, 0) is 24.3 Å². The van der Waals surface area contributed by atoms with Crippen molar-refractivity contribution in [3.05, 3.63) is 48.2 Å². The average molecular weight is 223 g/mol. The monoisotopic (exact) mass is 222 g/mol. The number of hydrogen-bond donors (Lipinski definition) is 0. The Morgan fingerprint density at radius 2 is 1.73 bits per heavy atom. The van der Waals surface area contributed by atoms with Crippen LogP contribution in [0.1, 0.15) is 5.69 Å². The molecule has 4 heteroatoms. The van der Waals surface area contributed by atoms with Gasteiger partial charge in [-0.2, -0.15) is 0 Å². The summed E-state index contributed by atoms with van der Waals surface area (Å²) in [6, 6.07) is 6.11. The van der Waals surface area contributed by atoms with Crippen molar-refractivity contribution >= 4 is 11.6 Å². The topological polar surface area (TPSA) is 25.8 Å². The Balaban J connectivity index is 2.49. The molecule has 0 spiro atoms. The first-order valence-corrected chi connectivity index (χ1v) is 4.96. The van der Waals surface area contributed by atoms with Crippen LogP contribution in [0, 0.1) is 5.82 Å². The normalized spacial score (nSPS) is 10.3. The van der Waals surface area contributed by atoms with Crippen LogP contribution < -0.4 is 0 Å². The van der Waals surface area contributed by atoms with Crippen LogP contribution in [0.15, 0.2) is 36.7 Å². The number of benzene rings is 1. The van der Waals surface area contributed by atoms with E-state index in [9.17, 15) is 4.39 Å². The molecule has 0 aliphatic rings. The van der Waals surface area contributed by atoms with Crippen molar-refractivity contribution in [1.82, 2.24) is 9.97 Å². The van der Waals surface area contributed by atoms with E-state index in [4.69, 9.17) is 11.6 Å². The van der Waals surface area contributed by atoms with Crippen molar-refractivity contribution in [1.29, 1.82) is 0 Å². The minimum Gasteiger partial charge on any atom is -0.256 e. The first-order chi connectivity index (χ1) is 7.31. The fraction of sp³-hybridized carbons (Fsp3) is 0.0909. The van der Waals surface area contributed by atoms with Crippen molar-refractivity contribution in [3.63, 3.8) is 0 Å². The number of rotatable bonds is 2. The van der Waals surface area contributed by atoms with Gasteiger partial charge in [0.25, 0.3) is 0 Å². The summed E-state index contributed by atoms with van der Waals surface area (Å²) in [5, 5.41) is 0. The maximum absolute atomic E-state index is 12.7. The molecule has 2 rings (SSSR count). The summed E-state index contributed by atoms with van der Waals surface area (Å²) < 4.78 is 12.7. The summed E-state index contributed by atoms with van der Waals surface area (Å²) >= 11 is 5.74. The van der Waals surface area contributed by atoms with Gasteiger partial charge < -0.3 is 0 Å². The van der Waals surface area contributed by atoms with Gasteiger partial charge in [0.2, 0.25) is 0 Å². The predicted octanol–water partition coefficient (Wildman–Crippen LogP) is 3.02. The third kappa shape index (κ3) is 2.13. The van der Waals surface area contributed by atoms with Crippen molar-refractivity contribution in [3.8, 4) is 11.3 Å². The van der Waals surface area contributed by atoms with Crippen LogP contribution in [0.4, 0.5) is 4.39 Å². The quantitative estimate of drug-likeness (QED) is 0.730. The van der Waals surface area contributed by atoms with Gasteiger partial charge in [-0.3, -0.25) is 9.97 Å². The molecule has 2 aromatic rings. The van der Waals surface area contributed by atoms with Gasteiger partial charge in [0, 0.05) is 18.0 Å². The zero-order chi connectivity index (χ0) is 10.7. The van der Waals surface area contributed by atoms with E-state index in [0.29, 0.717) is 17.3 Å². The molecule has 0 amide bonds. The van der Waals surface area contributed by atoms with E-state index in [1.54, 1.807) is 24.5 Å². The highest BCUT2D eigenvalue weighted by atomic mass is 35.5. The first kappa shape index (κ1) is 10.1. The van der Waals surface area contributed by atoms with E-state index in [-0.39, 0.29) is 5.82 Å². The maximum atomic E-state index is 12.7. The predicted molar refractivity (Wildman–Crippen MR) is 57.0 cm³/mol. The van der Waals surface area contributed by atoms with Crippen molar-refractivity contribution in [2.45, 2.75) is 5.88 Å². The molecule has 1 aromatic heterocycles. The molecule has 0 bridgehead atoms. The molecule has 76 valence electrons. The van der Waals surface area contributed by atoms with Crippen molar-refractivity contribution < 1.29 is 4.39 Å². The minimum absolute atomic E-state index is 0.268. The Morgan fingerprint density at radius 3 is 2.40 bits per heavy atom. The molecule has 0 saturated heterocycles. The third-order valence-corrected chi connectivity index (χ3v) is 2.27. The standard InChI is InChI=1S/C11H8ClFN2/c12-7-10-11(15-6-5-14-10)8-1-3-9(13)4-2-8/h1-6H,7H2. The van der Waals surface area contributed by atoms with Crippen LogP contribution in [0.3, 0.4) is 0 Å². The average Bonchev–Trinajstić information content (AvgIpc) is 2.30. The molecule has 1 heterocycles. The van der Waals surface area contributed by atoms with E-state index in [0.717, 1.165) is 5.56 Å². The molecule has 1 aromatic carbocycles. The summed E-state index contributed by atoms with van der Waals surface area (Å²) in [7, 11) is 0. The molecule has 0 atom stereocenters. The molecule has 0 radical (unpaired) electrons. The number of aromatic nitrogens is 2. The second-order valence-electron chi connectivity index (χ2n) is 2.99. The van der Waals surface area contributed by atoms with Crippen LogP contribution in [-0.4, -0.2) is 9.97 Å². The van der Waals surface area contributed by atoms with Gasteiger partial charge in [0.1, 0.15) is 5.82 Å². The highest BCUT2D eigenvalue weighted by Gasteiger charge is 2.06. The van der Waals surface area contributed by atoms with Crippen LogP contribution >= 0.6 is 11.6 Å². The molecule has 2 nitrogen and oxygen atoms in total. The summed E-state index contributed by atoms with van der Waals surface area (Å²) in [6.07, 6.45) is 3.18. The third-order valence-electron chi connectivity index (χ3n) is 2.02. The van der Waals surface area contributed by atoms with Gasteiger partial charge in [-0.15, -0.1) is 11.6 Å². The largest absolute Gasteiger partial charge is 0.256 e. The van der Waals surface area contributed by atoms with E-state index in [2.05, 4.69) is 9.97 Å². The molecule has 0 unspecified atom stereocenters. The first-order valence-electron chi connectivity index (χ1n) is 4.43. The lowest BCUT2D eigenvalue weighted by molar-refractivity contribution is 0.628. The summed E-state index contributed by atoms with van der Waals surface area (Å²) in [4.78, 5) is 8.29. The van der Waals surface area contributed by atoms with Gasteiger partial charge >= 0.3 is 0 Å². The van der Waals surface area contributed by atoms with E-state index in [1.807, 2.05) is 0 Å². The second-order valence-corrected chi connectivity index (χ2v) is 3.26. The lowest BCUT2D eigenvalue weighted by Crippen LogP contribution is -1.93. The highest BCUT2D eigenvalue weighted by molar-refractivity contribution is 6.17. The van der Waals surface area contributed by atoms with Gasteiger partial charge in [0.05, 0.1) is 17.3 Å². The summed E-state index contributed by atoms with van der Waals surface area (Å²) in [6.45, 7) is 0. The molecule has 0 fully saturated rings. The number of nitrogens with zero attached hydrogens (tertiary/aromatic N) is 2. The molecule has 0 saturated carbocycles. The molecule has 0 N–H and O–H groups in total. The smallest absolute Gasteiger partial charge is 0.123 e. The van der Waals surface area contributed by atoms with E-state index in [1.165, 1.54) is 12.1 Å². The van der Waals surface area contributed by atoms with Gasteiger partial charge in [0.15, 0.2) is 0 Å². The molecular weight excluding hydrogens is 215 g/mol. The van der Waals surface area contributed by atoms with Crippen LogP contribution in [0.2, 0.25) is 0 Å². The zero-order valence-electron chi connectivity index (χ0n) is 7.82. The lowest BCUT2D eigenvalue weighted by Gasteiger charge is -2.04. The minimum atomic E-state index is -0.268. The zero-order valence-corrected chi connectivity index (χ0v) is 8.58. The Hall–Kier alpha value is -1.48. The Bertz CT molecular complexity index is 456. The molecule has 0 aliphatic heterocycles. The molecular formula is C11H8ClFN2. The van der Waals surface area contributed by atoms with Crippen LogP contribution in [0.25, 0.3) is 11.3 Å². The fourth-order valence-electron chi connectivity index (χ4n) is 1.31. The second kappa shape index (κ2) is 4.36. The Morgan fingerprint density at radius 1 is 1.07 bits per heavy atom. The number of alkyl halides is 1. The van der Waals surface area contributed by atoms with Crippen molar-refractivity contribution in [2.24, 2.45) is 0 Å². The Labute approximate surface area is 91.8 Å². The molecule has 15 heavy (non-hydrogen) atoms. The van der Waals surface area contributed by atoms with Gasteiger partial charge in [-0.1, -0.05) is 0 Å². The summed E-state index contributed by atoms with van der Waals surface area (Å²) in [5.74, 6) is 0.0238. The molecule has 0 aliphatic carbocycles. The summed E-state index contributed by atoms with van der Waals surface area (Å²) in [5.41, 5.74) is 2.22. The number of hydrogen-bond acceptors (Lipinski definition) is 2. The fourth-order valence-corrected chi connectivity index (χ4v) is 1.51. The number of halogens is 2. The van der Waals surface area contributed by atoms with Gasteiger partial charge in [-0.25, -0.2) is 4.39 Å². The maximum Gasteiger partial charge on any atom is 0.123 e. The van der Waals surface area contributed by atoms with Crippen LogP contribution in [0.5, 0.6) is 0 Å². The van der Waals surface area contributed by atoms with Crippen LogP contribution in [-0.2, 0) is 5.88 Å². The highest BCUT2D eigenvalue weighted by Crippen LogP contribution is 2.20. The Kier molecular flexibility index (Phi) is 2.92. The van der Waals surface area contributed by atoms with E-state index >= 15 is 0 Å².